The standard InChI is InChI=1S/C10H14N.C9H7N/c1-4-8-11(9-5-1)10-6-2-3-7-10;1-2-4-9-7-10-6-5-8(9)3-1/h1,4-5,8-10H,2-3,6-7H2;1-7H/q+1;/p+1. The zero-order chi connectivity index (χ0) is 14.3. The quantitative estimate of drug-likeness (QED) is 0.604. The lowest BCUT2D eigenvalue weighted by molar-refractivity contribution is -0.721. The van der Waals surface area contributed by atoms with Crippen LogP contribution in [0.4, 0.5) is 0 Å². The van der Waals surface area contributed by atoms with Crippen LogP contribution in [-0.4, -0.2) is 0 Å². The minimum Gasteiger partial charge on any atom is -0.217 e. The van der Waals surface area contributed by atoms with E-state index in [1.807, 2.05) is 24.5 Å². The molecule has 1 saturated carbocycles. The second-order valence-electron chi connectivity index (χ2n) is 5.53. The Morgan fingerprint density at radius 3 is 2.24 bits per heavy atom. The number of hydrogen-bond donors (Lipinski definition) is 0. The van der Waals surface area contributed by atoms with E-state index in [0.717, 1.165) is 6.04 Å². The van der Waals surface area contributed by atoms with Gasteiger partial charge in [0.25, 0.3) is 0 Å². The van der Waals surface area contributed by atoms with Crippen LogP contribution in [0.5, 0.6) is 0 Å². The number of nitrogens with zero attached hydrogens (tertiary/aromatic N) is 1. The van der Waals surface area contributed by atoms with Crippen LogP contribution in [0.15, 0.2) is 73.3 Å². The number of H-pyrrole nitrogens is 1. The van der Waals surface area contributed by atoms with Crippen molar-refractivity contribution >= 4 is 10.8 Å². The van der Waals surface area contributed by atoms with Gasteiger partial charge in [0, 0.05) is 36.4 Å². The normalized spacial score (nSPS) is 14.7. The first kappa shape index (κ1) is 13.7. The van der Waals surface area contributed by atoms with Crippen molar-refractivity contribution in [3.63, 3.8) is 0 Å². The van der Waals surface area contributed by atoms with Gasteiger partial charge in [-0.1, -0.05) is 24.3 Å². The minimum absolute atomic E-state index is 0.788. The molecule has 0 amide bonds. The molecule has 1 aliphatic carbocycles. The molecule has 0 spiro atoms. The Morgan fingerprint density at radius 1 is 0.810 bits per heavy atom. The Labute approximate surface area is 126 Å². The van der Waals surface area contributed by atoms with E-state index in [4.69, 9.17) is 0 Å². The zero-order valence-electron chi connectivity index (χ0n) is 12.3. The zero-order valence-corrected chi connectivity index (χ0v) is 12.3. The van der Waals surface area contributed by atoms with Gasteiger partial charge in [-0.2, -0.15) is 0 Å². The molecule has 21 heavy (non-hydrogen) atoms. The molecule has 0 saturated heterocycles. The number of rotatable bonds is 1. The topological polar surface area (TPSA) is 18.0 Å². The van der Waals surface area contributed by atoms with Gasteiger partial charge in [0.05, 0.1) is 0 Å². The van der Waals surface area contributed by atoms with E-state index in [1.165, 1.54) is 36.5 Å². The predicted molar refractivity (Wildman–Crippen MR) is 84.6 cm³/mol. The van der Waals surface area contributed by atoms with Gasteiger partial charge >= 0.3 is 0 Å². The van der Waals surface area contributed by atoms with E-state index in [9.17, 15) is 0 Å². The van der Waals surface area contributed by atoms with Gasteiger partial charge in [-0.15, -0.1) is 0 Å². The molecule has 0 radical (unpaired) electrons. The monoisotopic (exact) mass is 278 g/mol. The summed E-state index contributed by atoms with van der Waals surface area (Å²) in [6, 6.07) is 17.4. The second-order valence-corrected chi connectivity index (χ2v) is 5.53. The number of pyridine rings is 2. The average Bonchev–Trinajstić information content (AvgIpc) is 3.11. The number of aromatic nitrogens is 2. The van der Waals surface area contributed by atoms with Crippen LogP contribution in [0.3, 0.4) is 0 Å². The summed E-state index contributed by atoms with van der Waals surface area (Å²) in [6.45, 7) is 0. The summed E-state index contributed by atoms with van der Waals surface area (Å²) in [5, 5.41) is 2.53. The summed E-state index contributed by atoms with van der Waals surface area (Å²) in [7, 11) is 0. The van der Waals surface area contributed by atoms with Crippen LogP contribution in [0, 0.1) is 0 Å². The minimum atomic E-state index is 0.788. The Kier molecular flexibility index (Phi) is 4.57. The summed E-state index contributed by atoms with van der Waals surface area (Å²) in [5.41, 5.74) is 0. The van der Waals surface area contributed by atoms with Crippen LogP contribution < -0.4 is 9.55 Å². The molecule has 2 heteroatoms. The number of aromatic amines is 1. The van der Waals surface area contributed by atoms with Crippen molar-refractivity contribution in [2.45, 2.75) is 31.7 Å². The van der Waals surface area contributed by atoms with E-state index >= 15 is 0 Å². The average molecular weight is 278 g/mol. The molecule has 1 N–H and O–H groups in total. The molecule has 3 aromatic rings. The van der Waals surface area contributed by atoms with Crippen molar-refractivity contribution in [3.05, 3.63) is 73.3 Å². The summed E-state index contributed by atoms with van der Waals surface area (Å²) < 4.78 is 2.34. The van der Waals surface area contributed by atoms with Gasteiger partial charge in [0.15, 0.2) is 30.8 Å². The molecule has 2 aromatic heterocycles. The largest absolute Gasteiger partial charge is 0.217 e. The number of hydrogen-bond acceptors (Lipinski definition) is 0. The molecule has 1 aliphatic rings. The molecule has 2 heterocycles. The van der Waals surface area contributed by atoms with E-state index in [0.29, 0.717) is 0 Å². The van der Waals surface area contributed by atoms with Crippen molar-refractivity contribution in [1.82, 2.24) is 0 Å². The summed E-state index contributed by atoms with van der Waals surface area (Å²) in [5.74, 6) is 0. The molecule has 0 atom stereocenters. The van der Waals surface area contributed by atoms with Crippen molar-refractivity contribution in [2.24, 2.45) is 0 Å². The van der Waals surface area contributed by atoms with Gasteiger partial charge in [-0.3, -0.25) is 0 Å². The summed E-state index contributed by atoms with van der Waals surface area (Å²) >= 11 is 0. The molecule has 2 nitrogen and oxygen atoms in total. The molecular formula is C19H22N2+2. The maximum atomic E-state index is 3.04. The van der Waals surface area contributed by atoms with Gasteiger partial charge in [0.2, 0.25) is 0 Å². The lowest BCUT2D eigenvalue weighted by Gasteiger charge is -2.01. The molecule has 106 valence electrons. The molecule has 4 rings (SSSR count). The smallest absolute Gasteiger partial charge is 0.174 e. The number of benzene rings is 1. The molecule has 1 fully saturated rings. The fourth-order valence-corrected chi connectivity index (χ4v) is 2.93. The molecule has 1 aromatic carbocycles. The third-order valence-electron chi connectivity index (χ3n) is 4.08. The van der Waals surface area contributed by atoms with E-state index in [2.05, 4.69) is 58.3 Å². The summed E-state index contributed by atoms with van der Waals surface area (Å²) in [6.07, 6.45) is 13.8. The first-order valence-corrected chi connectivity index (χ1v) is 7.74. The lowest BCUT2D eigenvalue weighted by atomic mass is 10.2. The van der Waals surface area contributed by atoms with Crippen LogP contribution in [0.1, 0.15) is 31.7 Å². The van der Waals surface area contributed by atoms with Gasteiger partial charge in [0.1, 0.15) is 0 Å². The molecule has 0 unspecified atom stereocenters. The Bertz CT molecular complexity index is 608. The van der Waals surface area contributed by atoms with Gasteiger partial charge in [-0.25, -0.2) is 9.55 Å². The van der Waals surface area contributed by atoms with E-state index < -0.39 is 0 Å². The van der Waals surface area contributed by atoms with Crippen molar-refractivity contribution in [2.75, 3.05) is 0 Å². The van der Waals surface area contributed by atoms with Crippen molar-refractivity contribution in [3.8, 4) is 0 Å². The van der Waals surface area contributed by atoms with Gasteiger partial charge < -0.3 is 0 Å². The lowest BCUT2D eigenvalue weighted by Crippen LogP contribution is -2.36. The van der Waals surface area contributed by atoms with E-state index in [1.54, 1.807) is 0 Å². The van der Waals surface area contributed by atoms with Crippen LogP contribution >= 0.6 is 0 Å². The fourth-order valence-electron chi connectivity index (χ4n) is 2.93. The van der Waals surface area contributed by atoms with Crippen LogP contribution in [0.25, 0.3) is 10.8 Å². The third-order valence-corrected chi connectivity index (χ3v) is 4.08. The van der Waals surface area contributed by atoms with E-state index in [-0.39, 0.29) is 0 Å². The molecule has 0 aliphatic heterocycles. The molecule has 0 bridgehead atoms. The third kappa shape index (κ3) is 3.66. The number of nitrogens with one attached hydrogen (secondary N) is 1. The predicted octanol–water partition coefficient (Wildman–Crippen LogP) is 3.74. The fraction of sp³-hybridized carbons (Fsp3) is 0.263. The first-order valence-electron chi connectivity index (χ1n) is 7.74. The highest BCUT2D eigenvalue weighted by atomic mass is 15.0. The van der Waals surface area contributed by atoms with Crippen LogP contribution in [0.2, 0.25) is 0 Å². The Hall–Kier alpha value is -2.22. The summed E-state index contributed by atoms with van der Waals surface area (Å²) in [4.78, 5) is 3.04. The highest BCUT2D eigenvalue weighted by Crippen LogP contribution is 2.24. The van der Waals surface area contributed by atoms with Crippen molar-refractivity contribution < 1.29 is 9.55 Å². The maximum Gasteiger partial charge on any atom is 0.174 e. The number of fused-ring (bicyclic) bond motifs is 1. The van der Waals surface area contributed by atoms with Gasteiger partial charge in [-0.05, 0) is 24.3 Å². The second kappa shape index (κ2) is 6.98. The molecular weight excluding hydrogens is 256 g/mol. The van der Waals surface area contributed by atoms with Crippen molar-refractivity contribution in [1.29, 1.82) is 0 Å². The van der Waals surface area contributed by atoms with Crippen LogP contribution in [-0.2, 0) is 0 Å². The highest BCUT2D eigenvalue weighted by molar-refractivity contribution is 5.80. The SMILES string of the molecule is c1cc[n+](C2CCCC2)cc1.c1ccc2c[nH+]ccc2c1. The highest BCUT2D eigenvalue weighted by Gasteiger charge is 2.21. The first-order chi connectivity index (χ1) is 10.4. The maximum absolute atomic E-state index is 3.04. The Balaban J connectivity index is 0.000000126. The Morgan fingerprint density at radius 2 is 1.52 bits per heavy atom.